The van der Waals surface area contributed by atoms with Crippen LogP contribution >= 0.6 is 0 Å². The van der Waals surface area contributed by atoms with Crippen LogP contribution in [0.1, 0.15) is 23.4 Å². The topological polar surface area (TPSA) is 38.7 Å². The van der Waals surface area contributed by atoms with E-state index in [-0.39, 0.29) is 0 Å². The van der Waals surface area contributed by atoms with Gasteiger partial charge in [-0.15, -0.1) is 5.10 Å². The first kappa shape index (κ1) is 7.85. The Labute approximate surface area is 82.2 Å². The summed E-state index contributed by atoms with van der Waals surface area (Å²) in [5.41, 5.74) is 5.46. The first-order chi connectivity index (χ1) is 6.83. The van der Waals surface area contributed by atoms with Gasteiger partial charge < -0.3 is 0 Å². The Hall–Kier alpha value is -1.51. The molecule has 2 heterocycles. The zero-order chi connectivity index (χ0) is 9.54. The van der Waals surface area contributed by atoms with Crippen molar-refractivity contribution in [3.8, 4) is 0 Å². The Morgan fingerprint density at radius 3 is 2.93 bits per heavy atom. The zero-order valence-corrected chi connectivity index (χ0v) is 8.12. The normalized spacial score (nSPS) is 14.6. The number of hydrogen-bond donors (Lipinski definition) is 0. The number of pyridine rings is 1. The van der Waals surface area contributed by atoms with Crippen LogP contribution in [0.4, 0.5) is 0 Å². The minimum absolute atomic E-state index is 0.927. The van der Waals surface area contributed by atoms with Crippen molar-refractivity contribution in [1.29, 1.82) is 0 Å². The molecule has 0 bridgehead atoms. The van der Waals surface area contributed by atoms with E-state index >= 15 is 0 Å². The smallest absolute Gasteiger partial charge is 0.112 e. The van der Waals surface area contributed by atoms with Crippen molar-refractivity contribution in [3.63, 3.8) is 0 Å². The first-order valence-corrected chi connectivity index (χ1v) is 4.96. The molecule has 0 radical (unpaired) electrons. The van der Waals surface area contributed by atoms with E-state index in [2.05, 4.69) is 21.2 Å². The molecule has 0 N–H and O–H groups in total. The van der Waals surface area contributed by atoms with Crippen LogP contribution in [-0.2, 0) is 12.8 Å². The largest absolute Gasteiger partial charge is 0.251 e. The monoisotopic (exact) mass is 185 g/mol. The lowest BCUT2D eigenvalue weighted by atomic mass is 10.2. The van der Waals surface area contributed by atoms with Gasteiger partial charge in [0.15, 0.2) is 0 Å². The molecule has 0 unspecified atom stereocenters. The van der Waals surface area contributed by atoms with Gasteiger partial charge in [0.25, 0.3) is 0 Å². The zero-order valence-electron chi connectivity index (χ0n) is 8.12. The van der Waals surface area contributed by atoms with Crippen LogP contribution in [0.15, 0.2) is 12.1 Å². The van der Waals surface area contributed by atoms with E-state index in [4.69, 9.17) is 0 Å². The molecule has 0 aromatic carbocycles. The van der Waals surface area contributed by atoms with Gasteiger partial charge in [-0.2, -0.15) is 5.10 Å². The van der Waals surface area contributed by atoms with E-state index in [1.54, 1.807) is 0 Å². The van der Waals surface area contributed by atoms with Crippen LogP contribution in [0.25, 0.3) is 11.0 Å². The number of aromatic nitrogens is 3. The van der Waals surface area contributed by atoms with E-state index in [9.17, 15) is 0 Å². The van der Waals surface area contributed by atoms with Crippen molar-refractivity contribution < 1.29 is 0 Å². The number of hydrogen-bond acceptors (Lipinski definition) is 3. The lowest BCUT2D eigenvalue weighted by Gasteiger charge is -2.01. The fourth-order valence-electron chi connectivity index (χ4n) is 2.02. The molecule has 0 atom stereocenters. The molecule has 70 valence electrons. The van der Waals surface area contributed by atoms with Crippen molar-refractivity contribution in [2.45, 2.75) is 26.2 Å². The van der Waals surface area contributed by atoms with Crippen molar-refractivity contribution in [1.82, 2.24) is 15.2 Å². The summed E-state index contributed by atoms with van der Waals surface area (Å²) in [6.07, 6.45) is 3.49. The molecule has 3 nitrogen and oxygen atoms in total. The lowest BCUT2D eigenvalue weighted by molar-refractivity contribution is 0.901. The minimum atomic E-state index is 0.927. The molecule has 1 aliphatic carbocycles. The summed E-state index contributed by atoms with van der Waals surface area (Å²) in [5, 5.41) is 8.19. The second-order valence-corrected chi connectivity index (χ2v) is 3.84. The highest BCUT2D eigenvalue weighted by atomic mass is 15.1. The Kier molecular flexibility index (Phi) is 1.54. The Bertz CT molecular complexity index is 505. The van der Waals surface area contributed by atoms with Crippen LogP contribution in [-0.4, -0.2) is 15.2 Å². The van der Waals surface area contributed by atoms with Gasteiger partial charge in [0.2, 0.25) is 0 Å². The average Bonchev–Trinajstić information content (AvgIpc) is 2.61. The summed E-state index contributed by atoms with van der Waals surface area (Å²) in [6, 6.07) is 4.14. The predicted octanol–water partition coefficient (Wildman–Crippen LogP) is 1.82. The molecule has 1 aliphatic rings. The SMILES string of the molecule is Cc1cc2nc3c(cc2nn1)CCC3. The summed E-state index contributed by atoms with van der Waals surface area (Å²) in [6.45, 7) is 1.95. The maximum atomic E-state index is 4.61. The standard InChI is InChI=1S/C11H11N3/c1-7-5-10-11(14-13-7)6-8-3-2-4-9(8)12-10/h5-6H,2-4H2,1H3. The molecule has 0 saturated heterocycles. The predicted molar refractivity (Wildman–Crippen MR) is 54.1 cm³/mol. The van der Waals surface area contributed by atoms with Gasteiger partial charge in [-0.25, -0.2) is 0 Å². The highest BCUT2D eigenvalue weighted by molar-refractivity contribution is 5.75. The van der Waals surface area contributed by atoms with E-state index in [0.717, 1.165) is 29.6 Å². The third-order valence-corrected chi connectivity index (χ3v) is 2.72. The molecule has 2 aromatic rings. The highest BCUT2D eigenvalue weighted by Gasteiger charge is 2.13. The van der Waals surface area contributed by atoms with Crippen molar-refractivity contribution in [3.05, 3.63) is 29.1 Å². The van der Waals surface area contributed by atoms with Gasteiger partial charge in [-0.05, 0) is 43.9 Å². The summed E-state index contributed by atoms with van der Waals surface area (Å²) in [5.74, 6) is 0. The van der Waals surface area contributed by atoms with Crippen LogP contribution in [0.3, 0.4) is 0 Å². The van der Waals surface area contributed by atoms with E-state index in [1.165, 1.54) is 17.7 Å². The van der Waals surface area contributed by atoms with Gasteiger partial charge >= 0.3 is 0 Å². The van der Waals surface area contributed by atoms with Crippen molar-refractivity contribution in [2.24, 2.45) is 0 Å². The number of fused-ring (bicyclic) bond motifs is 2. The molecule has 0 fully saturated rings. The molecule has 14 heavy (non-hydrogen) atoms. The third kappa shape index (κ3) is 1.09. The third-order valence-electron chi connectivity index (χ3n) is 2.72. The van der Waals surface area contributed by atoms with E-state index in [0.29, 0.717) is 0 Å². The lowest BCUT2D eigenvalue weighted by Crippen LogP contribution is -1.94. The summed E-state index contributed by atoms with van der Waals surface area (Å²) < 4.78 is 0. The van der Waals surface area contributed by atoms with E-state index < -0.39 is 0 Å². The molecule has 3 rings (SSSR count). The fraction of sp³-hybridized carbons (Fsp3) is 0.364. The summed E-state index contributed by atoms with van der Waals surface area (Å²) >= 11 is 0. The van der Waals surface area contributed by atoms with Crippen LogP contribution < -0.4 is 0 Å². The molecule has 0 saturated carbocycles. The van der Waals surface area contributed by atoms with Gasteiger partial charge in [0.05, 0.1) is 11.2 Å². The Morgan fingerprint density at radius 1 is 1.07 bits per heavy atom. The molecule has 0 aliphatic heterocycles. The Balaban J connectivity index is 2.33. The van der Waals surface area contributed by atoms with Gasteiger partial charge in [-0.3, -0.25) is 4.98 Å². The van der Waals surface area contributed by atoms with Crippen molar-refractivity contribution >= 4 is 11.0 Å². The fourth-order valence-corrected chi connectivity index (χ4v) is 2.02. The highest BCUT2D eigenvalue weighted by Crippen LogP contribution is 2.23. The average molecular weight is 185 g/mol. The summed E-state index contributed by atoms with van der Waals surface area (Å²) in [4.78, 5) is 4.61. The second kappa shape index (κ2) is 2.74. The van der Waals surface area contributed by atoms with E-state index in [1.807, 2.05) is 13.0 Å². The van der Waals surface area contributed by atoms with Gasteiger partial charge in [0.1, 0.15) is 5.52 Å². The van der Waals surface area contributed by atoms with Gasteiger partial charge in [0, 0.05) is 5.69 Å². The van der Waals surface area contributed by atoms with Crippen LogP contribution in [0, 0.1) is 6.92 Å². The maximum Gasteiger partial charge on any atom is 0.112 e. The molecule has 0 amide bonds. The van der Waals surface area contributed by atoms with Crippen LogP contribution in [0.2, 0.25) is 0 Å². The number of aryl methyl sites for hydroxylation is 3. The maximum absolute atomic E-state index is 4.61. The number of rotatable bonds is 0. The Morgan fingerprint density at radius 2 is 2.00 bits per heavy atom. The first-order valence-electron chi connectivity index (χ1n) is 4.96. The van der Waals surface area contributed by atoms with Gasteiger partial charge in [-0.1, -0.05) is 0 Å². The molecular weight excluding hydrogens is 174 g/mol. The minimum Gasteiger partial charge on any atom is -0.251 e. The molecule has 0 spiro atoms. The van der Waals surface area contributed by atoms with Crippen molar-refractivity contribution in [2.75, 3.05) is 0 Å². The molecule has 3 heteroatoms. The molecular formula is C11H11N3. The molecule has 2 aromatic heterocycles. The van der Waals surface area contributed by atoms with Crippen LogP contribution in [0.5, 0.6) is 0 Å². The second-order valence-electron chi connectivity index (χ2n) is 3.84. The number of nitrogens with zero attached hydrogens (tertiary/aromatic N) is 3. The summed E-state index contributed by atoms with van der Waals surface area (Å²) in [7, 11) is 0. The quantitative estimate of drug-likeness (QED) is 0.628.